The normalized spacial score (nSPS) is 11.3. The van der Waals surface area contributed by atoms with Gasteiger partial charge in [0.25, 0.3) is 0 Å². The summed E-state index contributed by atoms with van der Waals surface area (Å²) in [6.45, 7) is 0.292. The highest BCUT2D eigenvalue weighted by Crippen LogP contribution is 2.30. The molecule has 1 heterocycles. The van der Waals surface area contributed by atoms with Gasteiger partial charge in [0.1, 0.15) is 6.33 Å². The molecule has 2 aromatic carbocycles. The van der Waals surface area contributed by atoms with Crippen LogP contribution in [-0.2, 0) is 30.5 Å². The van der Waals surface area contributed by atoms with Crippen LogP contribution in [0.4, 0.5) is 29.2 Å². The number of aromatic nitrogens is 2. The molecular weight excluding hydrogens is 426 g/mol. The van der Waals surface area contributed by atoms with Crippen molar-refractivity contribution in [1.82, 2.24) is 9.97 Å². The maximum absolute atomic E-state index is 14.9. The van der Waals surface area contributed by atoms with Gasteiger partial charge in [-0.1, -0.05) is 36.4 Å². The summed E-state index contributed by atoms with van der Waals surface area (Å²) in [5.74, 6) is -1.23. The number of carbonyl (C=O) groups is 1. The van der Waals surface area contributed by atoms with E-state index >= 15 is 0 Å². The fraction of sp³-hybridized carbons (Fsp3) is 0.227. The van der Waals surface area contributed by atoms with Crippen molar-refractivity contribution in [2.24, 2.45) is 5.73 Å². The molecule has 0 spiro atoms. The summed E-state index contributed by atoms with van der Waals surface area (Å²) in [7, 11) is 1.53. The minimum absolute atomic E-state index is 0.0264. The fourth-order valence-electron chi connectivity index (χ4n) is 3.11. The molecule has 1 amide bonds. The molecule has 0 radical (unpaired) electrons. The number of alkyl halides is 3. The molecule has 0 aliphatic carbocycles. The SMILES string of the molecule is CN(Cc1cccc(C(F)(F)F)c1)c1ncnc(NCc2ccc(CC(N)=O)cc2)c1F. The number of nitrogens with one attached hydrogen (secondary N) is 1. The van der Waals surface area contributed by atoms with Crippen molar-refractivity contribution in [3.63, 3.8) is 0 Å². The third-order valence-electron chi connectivity index (χ3n) is 4.67. The molecule has 10 heteroatoms. The maximum atomic E-state index is 14.9. The lowest BCUT2D eigenvalue weighted by Gasteiger charge is -2.20. The van der Waals surface area contributed by atoms with E-state index in [1.54, 1.807) is 24.3 Å². The van der Waals surface area contributed by atoms with Gasteiger partial charge in [0.2, 0.25) is 11.7 Å². The largest absolute Gasteiger partial charge is 0.416 e. The van der Waals surface area contributed by atoms with Crippen molar-refractivity contribution < 1.29 is 22.4 Å². The zero-order valence-corrected chi connectivity index (χ0v) is 17.2. The number of hydrogen-bond donors (Lipinski definition) is 2. The minimum atomic E-state index is -4.45. The van der Waals surface area contributed by atoms with E-state index in [1.807, 2.05) is 0 Å². The van der Waals surface area contributed by atoms with Crippen molar-refractivity contribution in [2.45, 2.75) is 25.7 Å². The summed E-state index contributed by atoms with van der Waals surface area (Å²) >= 11 is 0. The Morgan fingerprint density at radius 2 is 1.75 bits per heavy atom. The molecule has 0 bridgehead atoms. The Morgan fingerprint density at radius 3 is 2.41 bits per heavy atom. The minimum Gasteiger partial charge on any atom is -0.369 e. The lowest BCUT2D eigenvalue weighted by molar-refractivity contribution is -0.137. The van der Waals surface area contributed by atoms with E-state index in [9.17, 15) is 22.4 Å². The molecule has 0 aliphatic rings. The van der Waals surface area contributed by atoms with Gasteiger partial charge in [0.15, 0.2) is 11.6 Å². The van der Waals surface area contributed by atoms with Crippen molar-refractivity contribution >= 4 is 17.5 Å². The molecule has 0 saturated heterocycles. The fourth-order valence-corrected chi connectivity index (χ4v) is 3.11. The van der Waals surface area contributed by atoms with Gasteiger partial charge in [-0.25, -0.2) is 9.97 Å². The number of rotatable bonds is 8. The molecule has 1 aromatic heterocycles. The number of carbonyl (C=O) groups excluding carboxylic acids is 1. The summed E-state index contributed by atoms with van der Waals surface area (Å²) in [6, 6.07) is 11.9. The Kier molecular flexibility index (Phi) is 6.92. The molecule has 32 heavy (non-hydrogen) atoms. The van der Waals surface area contributed by atoms with Crippen LogP contribution in [0.1, 0.15) is 22.3 Å². The molecule has 0 saturated carbocycles. The van der Waals surface area contributed by atoms with Gasteiger partial charge in [-0.2, -0.15) is 17.6 Å². The zero-order chi connectivity index (χ0) is 23.3. The third kappa shape index (κ3) is 5.93. The predicted molar refractivity (Wildman–Crippen MR) is 112 cm³/mol. The molecule has 0 unspecified atom stereocenters. The summed E-state index contributed by atoms with van der Waals surface area (Å²) in [5, 5.41) is 2.88. The average Bonchev–Trinajstić information content (AvgIpc) is 2.73. The maximum Gasteiger partial charge on any atom is 0.416 e. The smallest absolute Gasteiger partial charge is 0.369 e. The van der Waals surface area contributed by atoms with E-state index in [2.05, 4.69) is 15.3 Å². The number of nitrogens with two attached hydrogens (primary N) is 1. The highest BCUT2D eigenvalue weighted by atomic mass is 19.4. The van der Waals surface area contributed by atoms with Crippen LogP contribution in [-0.4, -0.2) is 22.9 Å². The molecule has 3 rings (SSSR count). The number of anilines is 2. The van der Waals surface area contributed by atoms with Gasteiger partial charge >= 0.3 is 6.18 Å². The Balaban J connectivity index is 1.69. The van der Waals surface area contributed by atoms with Crippen LogP contribution in [0.5, 0.6) is 0 Å². The van der Waals surface area contributed by atoms with E-state index in [0.717, 1.165) is 23.3 Å². The Morgan fingerprint density at radius 1 is 1.06 bits per heavy atom. The van der Waals surface area contributed by atoms with Crippen LogP contribution in [0.3, 0.4) is 0 Å². The number of nitrogens with zero attached hydrogens (tertiary/aromatic N) is 3. The van der Waals surface area contributed by atoms with Crippen molar-refractivity contribution in [2.75, 3.05) is 17.3 Å². The quantitative estimate of drug-likeness (QED) is 0.512. The molecule has 168 valence electrons. The molecular formula is C22H21F4N5O. The van der Waals surface area contributed by atoms with Crippen LogP contribution in [0.2, 0.25) is 0 Å². The lowest BCUT2D eigenvalue weighted by atomic mass is 10.1. The molecule has 3 N–H and O–H groups in total. The Labute approximate surface area is 182 Å². The Bertz CT molecular complexity index is 1090. The van der Waals surface area contributed by atoms with E-state index < -0.39 is 23.5 Å². The van der Waals surface area contributed by atoms with Crippen LogP contribution in [0.25, 0.3) is 0 Å². The van der Waals surface area contributed by atoms with Gasteiger partial charge in [-0.3, -0.25) is 4.79 Å². The van der Waals surface area contributed by atoms with E-state index in [0.29, 0.717) is 5.56 Å². The van der Waals surface area contributed by atoms with Crippen molar-refractivity contribution in [1.29, 1.82) is 0 Å². The number of amides is 1. The third-order valence-corrected chi connectivity index (χ3v) is 4.67. The van der Waals surface area contributed by atoms with Crippen molar-refractivity contribution in [3.05, 3.63) is 82.9 Å². The monoisotopic (exact) mass is 447 g/mol. The molecule has 3 aromatic rings. The van der Waals surface area contributed by atoms with Crippen LogP contribution in [0, 0.1) is 5.82 Å². The van der Waals surface area contributed by atoms with Gasteiger partial charge in [0.05, 0.1) is 12.0 Å². The second-order valence-corrected chi connectivity index (χ2v) is 7.23. The van der Waals surface area contributed by atoms with Gasteiger partial charge < -0.3 is 16.0 Å². The lowest BCUT2D eigenvalue weighted by Crippen LogP contribution is -2.20. The highest BCUT2D eigenvalue weighted by molar-refractivity contribution is 5.76. The second-order valence-electron chi connectivity index (χ2n) is 7.23. The summed E-state index contributed by atoms with van der Waals surface area (Å²) in [6.07, 6.45) is -3.14. The number of primary amides is 1. The number of benzene rings is 2. The first-order chi connectivity index (χ1) is 15.1. The van der Waals surface area contributed by atoms with Gasteiger partial charge in [-0.05, 0) is 28.8 Å². The van der Waals surface area contributed by atoms with Gasteiger partial charge in [0, 0.05) is 20.1 Å². The van der Waals surface area contributed by atoms with E-state index in [1.165, 1.54) is 30.4 Å². The number of halogens is 4. The first kappa shape index (κ1) is 23.0. The van der Waals surface area contributed by atoms with Crippen LogP contribution < -0.4 is 16.0 Å². The Hall–Kier alpha value is -3.69. The summed E-state index contributed by atoms with van der Waals surface area (Å²) < 4.78 is 53.7. The zero-order valence-electron chi connectivity index (χ0n) is 17.2. The van der Waals surface area contributed by atoms with Crippen molar-refractivity contribution in [3.8, 4) is 0 Å². The first-order valence-electron chi connectivity index (χ1n) is 9.61. The standard InChI is InChI=1S/C22H21F4N5O/c1-31(12-16-3-2-4-17(9-16)22(24,25)26)21-19(23)20(29-13-30-21)28-11-15-7-5-14(6-8-15)10-18(27)32/h2-9,13H,10-12H2,1H3,(H2,27,32)(H,28,29,30). The molecule has 6 nitrogen and oxygen atoms in total. The molecule has 0 atom stereocenters. The highest BCUT2D eigenvalue weighted by Gasteiger charge is 2.30. The predicted octanol–water partition coefficient (Wildman–Crippen LogP) is 3.91. The van der Waals surface area contributed by atoms with Crippen LogP contribution in [0.15, 0.2) is 54.9 Å². The first-order valence-corrected chi connectivity index (χ1v) is 9.61. The van der Waals surface area contributed by atoms with E-state index in [-0.39, 0.29) is 31.1 Å². The van der Waals surface area contributed by atoms with Crippen LogP contribution >= 0.6 is 0 Å². The van der Waals surface area contributed by atoms with E-state index in [4.69, 9.17) is 5.73 Å². The molecule has 0 aliphatic heterocycles. The summed E-state index contributed by atoms with van der Waals surface area (Å²) in [4.78, 5) is 20.2. The number of hydrogen-bond acceptors (Lipinski definition) is 5. The second kappa shape index (κ2) is 9.63. The molecule has 0 fully saturated rings. The van der Waals surface area contributed by atoms with Gasteiger partial charge in [-0.15, -0.1) is 0 Å². The summed E-state index contributed by atoms with van der Waals surface area (Å²) in [5.41, 5.74) is 6.37. The average molecular weight is 447 g/mol. The topological polar surface area (TPSA) is 84.1 Å².